The van der Waals surface area contributed by atoms with E-state index in [0.717, 1.165) is 32.2 Å². The number of carbonyl (C=O) groups is 1. The summed E-state index contributed by atoms with van der Waals surface area (Å²) in [7, 11) is 0. The van der Waals surface area contributed by atoms with E-state index in [1.54, 1.807) is 4.90 Å². The van der Waals surface area contributed by atoms with Gasteiger partial charge in [0.1, 0.15) is 0 Å². The van der Waals surface area contributed by atoms with E-state index < -0.39 is 17.7 Å². The molecule has 0 aromatic heterocycles. The lowest BCUT2D eigenvalue weighted by Crippen LogP contribution is -2.54. The van der Waals surface area contributed by atoms with E-state index in [1.165, 1.54) is 0 Å². The average molecular weight is 242 g/mol. The lowest BCUT2D eigenvalue weighted by molar-refractivity contribution is -0.137. The molecular formula is C12H22N2O3. The van der Waals surface area contributed by atoms with Crippen LogP contribution < -0.4 is 5.32 Å². The highest BCUT2D eigenvalue weighted by molar-refractivity contribution is 5.87. The summed E-state index contributed by atoms with van der Waals surface area (Å²) in [6.45, 7) is 3.47. The molecule has 0 aliphatic carbocycles. The zero-order valence-corrected chi connectivity index (χ0v) is 10.4. The summed E-state index contributed by atoms with van der Waals surface area (Å²) in [5.41, 5.74) is -0.446. The van der Waals surface area contributed by atoms with E-state index in [0.29, 0.717) is 0 Å². The fraction of sp³-hybridized carbons (Fsp3) is 0.917. The smallest absolute Gasteiger partial charge is 0.243 e. The van der Waals surface area contributed by atoms with Gasteiger partial charge in [-0.25, -0.2) is 0 Å². The third kappa shape index (κ3) is 2.32. The summed E-state index contributed by atoms with van der Waals surface area (Å²) in [6, 6.07) is 0. The molecule has 0 radical (unpaired) electrons. The third-order valence-electron chi connectivity index (χ3n) is 3.88. The zero-order valence-electron chi connectivity index (χ0n) is 10.4. The summed E-state index contributed by atoms with van der Waals surface area (Å²) >= 11 is 0. The minimum atomic E-state index is -0.793. The van der Waals surface area contributed by atoms with Crippen LogP contribution in [0.2, 0.25) is 0 Å². The first-order valence-corrected chi connectivity index (χ1v) is 6.49. The lowest BCUT2D eigenvalue weighted by atomic mass is 9.90. The lowest BCUT2D eigenvalue weighted by Gasteiger charge is -2.32. The summed E-state index contributed by atoms with van der Waals surface area (Å²) in [5.74, 6) is 0.0486. The Hall–Kier alpha value is -0.650. The van der Waals surface area contributed by atoms with Gasteiger partial charge in [0.05, 0.1) is 17.7 Å². The molecule has 98 valence electrons. The van der Waals surface area contributed by atoms with Crippen molar-refractivity contribution in [1.29, 1.82) is 0 Å². The van der Waals surface area contributed by atoms with Gasteiger partial charge in [-0.3, -0.25) is 4.79 Å². The Kier molecular flexibility index (Phi) is 3.70. The quantitative estimate of drug-likeness (QED) is 0.622. The molecule has 2 saturated heterocycles. The van der Waals surface area contributed by atoms with Crippen molar-refractivity contribution in [2.75, 3.05) is 19.6 Å². The van der Waals surface area contributed by atoms with E-state index in [1.807, 2.05) is 0 Å². The molecule has 5 heteroatoms. The standard InChI is InChI=1S/C12H22N2O3/c1-2-4-12(5-3-6-13-12)11(17)14-7-9(15)10(16)8-14/h9-10,13,15-16H,2-8H2,1H3/t9-,10+,12?. The molecule has 3 N–H and O–H groups in total. The van der Waals surface area contributed by atoms with Gasteiger partial charge in [-0.1, -0.05) is 13.3 Å². The monoisotopic (exact) mass is 242 g/mol. The SMILES string of the molecule is CCCC1(C(=O)N2C[C@@H](O)[C@@H](O)C2)CCCN1. The van der Waals surface area contributed by atoms with Crippen LogP contribution in [0.4, 0.5) is 0 Å². The van der Waals surface area contributed by atoms with Crippen LogP contribution in [0.15, 0.2) is 0 Å². The summed E-state index contributed by atoms with van der Waals surface area (Å²) in [4.78, 5) is 14.1. The molecule has 3 atom stereocenters. The van der Waals surface area contributed by atoms with E-state index in [9.17, 15) is 15.0 Å². The molecular weight excluding hydrogens is 220 g/mol. The van der Waals surface area contributed by atoms with Crippen molar-refractivity contribution in [2.24, 2.45) is 0 Å². The van der Waals surface area contributed by atoms with Gasteiger partial charge >= 0.3 is 0 Å². The van der Waals surface area contributed by atoms with Gasteiger partial charge < -0.3 is 20.4 Å². The van der Waals surface area contributed by atoms with Crippen molar-refractivity contribution >= 4 is 5.91 Å². The minimum Gasteiger partial charge on any atom is -0.388 e. The maximum atomic E-state index is 12.5. The Morgan fingerprint density at radius 2 is 2.06 bits per heavy atom. The van der Waals surface area contributed by atoms with Gasteiger partial charge in [0.25, 0.3) is 0 Å². The number of aliphatic hydroxyl groups excluding tert-OH is 2. The number of nitrogens with zero attached hydrogens (tertiary/aromatic N) is 1. The maximum absolute atomic E-state index is 12.5. The van der Waals surface area contributed by atoms with Crippen LogP contribution >= 0.6 is 0 Å². The van der Waals surface area contributed by atoms with Crippen LogP contribution in [0.1, 0.15) is 32.6 Å². The minimum absolute atomic E-state index is 0.0486. The van der Waals surface area contributed by atoms with Crippen molar-refractivity contribution in [3.05, 3.63) is 0 Å². The van der Waals surface area contributed by atoms with E-state index >= 15 is 0 Å². The van der Waals surface area contributed by atoms with Crippen LogP contribution in [0.25, 0.3) is 0 Å². The summed E-state index contributed by atoms with van der Waals surface area (Å²) in [5, 5.41) is 22.3. The number of β-amino-alcohol motifs (C(OH)–C–C–N with tert-alkyl or cyclic N) is 2. The van der Waals surface area contributed by atoms with Crippen molar-refractivity contribution in [2.45, 2.75) is 50.4 Å². The van der Waals surface area contributed by atoms with Gasteiger partial charge in [0.15, 0.2) is 0 Å². The number of likely N-dealkylation sites (tertiary alicyclic amines) is 1. The molecule has 2 aliphatic rings. The predicted molar refractivity (Wildman–Crippen MR) is 63.5 cm³/mol. The van der Waals surface area contributed by atoms with E-state index in [2.05, 4.69) is 12.2 Å². The van der Waals surface area contributed by atoms with Crippen molar-refractivity contribution < 1.29 is 15.0 Å². The normalized spacial score (nSPS) is 37.7. The topological polar surface area (TPSA) is 72.8 Å². The van der Waals surface area contributed by atoms with Gasteiger partial charge in [-0.15, -0.1) is 0 Å². The van der Waals surface area contributed by atoms with E-state index in [4.69, 9.17) is 0 Å². The number of amides is 1. The number of rotatable bonds is 3. The molecule has 2 aliphatic heterocycles. The van der Waals surface area contributed by atoms with Gasteiger partial charge in [-0.2, -0.15) is 0 Å². The van der Waals surface area contributed by atoms with E-state index in [-0.39, 0.29) is 19.0 Å². The predicted octanol–water partition coefficient (Wildman–Crippen LogP) is -0.527. The molecule has 1 amide bonds. The molecule has 0 spiro atoms. The van der Waals surface area contributed by atoms with Gasteiger partial charge in [0, 0.05) is 13.1 Å². The van der Waals surface area contributed by atoms with Crippen LogP contribution in [0.3, 0.4) is 0 Å². The number of hydrogen-bond donors (Lipinski definition) is 3. The molecule has 0 bridgehead atoms. The number of nitrogens with one attached hydrogen (secondary N) is 1. The highest BCUT2D eigenvalue weighted by atomic mass is 16.3. The molecule has 2 heterocycles. The Labute approximate surface area is 102 Å². The van der Waals surface area contributed by atoms with Crippen LogP contribution in [-0.2, 0) is 4.79 Å². The first-order chi connectivity index (χ1) is 8.09. The van der Waals surface area contributed by atoms with Crippen LogP contribution in [0.5, 0.6) is 0 Å². The Bertz CT molecular complexity index is 279. The fourth-order valence-electron chi connectivity index (χ4n) is 2.97. The second kappa shape index (κ2) is 4.92. The summed E-state index contributed by atoms with van der Waals surface area (Å²) < 4.78 is 0. The first-order valence-electron chi connectivity index (χ1n) is 6.49. The first kappa shape index (κ1) is 12.8. The molecule has 5 nitrogen and oxygen atoms in total. The Morgan fingerprint density at radius 3 is 2.53 bits per heavy atom. The Morgan fingerprint density at radius 1 is 1.41 bits per heavy atom. The highest BCUT2D eigenvalue weighted by Crippen LogP contribution is 2.28. The largest absolute Gasteiger partial charge is 0.388 e. The van der Waals surface area contributed by atoms with Crippen molar-refractivity contribution in [1.82, 2.24) is 10.2 Å². The second-order valence-corrected chi connectivity index (χ2v) is 5.21. The molecule has 17 heavy (non-hydrogen) atoms. The number of hydrogen-bond acceptors (Lipinski definition) is 4. The molecule has 0 saturated carbocycles. The highest BCUT2D eigenvalue weighted by Gasteiger charge is 2.45. The average Bonchev–Trinajstić information content (AvgIpc) is 2.88. The molecule has 2 rings (SSSR count). The van der Waals surface area contributed by atoms with Crippen molar-refractivity contribution in [3.8, 4) is 0 Å². The molecule has 0 aromatic carbocycles. The third-order valence-corrected chi connectivity index (χ3v) is 3.88. The number of aliphatic hydroxyl groups is 2. The van der Waals surface area contributed by atoms with Gasteiger partial charge in [0.2, 0.25) is 5.91 Å². The fourth-order valence-corrected chi connectivity index (χ4v) is 2.97. The molecule has 0 aromatic rings. The maximum Gasteiger partial charge on any atom is 0.243 e. The zero-order chi connectivity index (χ0) is 12.5. The van der Waals surface area contributed by atoms with Gasteiger partial charge in [-0.05, 0) is 25.8 Å². The molecule has 2 fully saturated rings. The van der Waals surface area contributed by atoms with Crippen LogP contribution in [-0.4, -0.2) is 58.4 Å². The summed E-state index contributed by atoms with van der Waals surface area (Å²) in [6.07, 6.45) is 2.08. The second-order valence-electron chi connectivity index (χ2n) is 5.21. The Balaban J connectivity index is 2.07. The van der Waals surface area contributed by atoms with Crippen LogP contribution in [0, 0.1) is 0 Å². The molecule has 1 unspecified atom stereocenters. The van der Waals surface area contributed by atoms with Crippen molar-refractivity contribution in [3.63, 3.8) is 0 Å². The number of carbonyl (C=O) groups excluding carboxylic acids is 1.